The number of ether oxygens (including phenoxy) is 1. The van der Waals surface area contributed by atoms with Gasteiger partial charge >= 0.3 is 0 Å². The molecule has 14 heavy (non-hydrogen) atoms. The summed E-state index contributed by atoms with van der Waals surface area (Å²) in [5.41, 5.74) is 0.856. The fourth-order valence-corrected chi connectivity index (χ4v) is 1.47. The van der Waals surface area contributed by atoms with E-state index in [0.29, 0.717) is 11.0 Å². The van der Waals surface area contributed by atoms with E-state index in [9.17, 15) is 0 Å². The van der Waals surface area contributed by atoms with Crippen molar-refractivity contribution in [3.05, 3.63) is 22.8 Å². The second-order valence-corrected chi connectivity index (χ2v) is 3.24. The average molecular weight is 212 g/mol. The number of nitrogens with one attached hydrogen (secondary N) is 1. The maximum absolute atomic E-state index is 5.75. The minimum Gasteiger partial charge on any atom is -0.480 e. The molecule has 0 atom stereocenters. The molecule has 0 saturated carbocycles. The molecule has 1 aliphatic rings. The molecule has 0 radical (unpaired) electrons. The van der Waals surface area contributed by atoms with Gasteiger partial charge in [-0.1, -0.05) is 11.6 Å². The predicted molar refractivity (Wildman–Crippen MR) is 55.2 cm³/mol. The number of hydrogen-bond donors (Lipinski definition) is 1. The van der Waals surface area contributed by atoms with Gasteiger partial charge in [-0.3, -0.25) is 4.99 Å². The van der Waals surface area contributed by atoms with E-state index in [4.69, 9.17) is 16.3 Å². The molecule has 74 valence electrons. The minimum atomic E-state index is 0.421. The zero-order valence-electron chi connectivity index (χ0n) is 7.75. The van der Waals surface area contributed by atoms with Crippen molar-refractivity contribution >= 4 is 17.4 Å². The first-order valence-corrected chi connectivity index (χ1v) is 4.68. The highest BCUT2D eigenvalue weighted by molar-refractivity contribution is 6.29. The van der Waals surface area contributed by atoms with Crippen LogP contribution in [0, 0.1) is 0 Å². The molecule has 0 aromatic carbocycles. The Labute approximate surface area is 87.0 Å². The third-order valence-electron chi connectivity index (χ3n) is 1.95. The lowest BCUT2D eigenvalue weighted by atomic mass is 10.2. The fourth-order valence-electron chi connectivity index (χ4n) is 1.33. The molecule has 1 aromatic heterocycles. The number of hydrogen-bond acceptors (Lipinski definition) is 4. The molecule has 2 rings (SSSR count). The van der Waals surface area contributed by atoms with Crippen LogP contribution in [-0.4, -0.2) is 31.0 Å². The number of pyridine rings is 1. The lowest BCUT2D eigenvalue weighted by Crippen LogP contribution is -2.20. The van der Waals surface area contributed by atoms with Gasteiger partial charge in [-0.15, -0.1) is 0 Å². The summed E-state index contributed by atoms with van der Waals surface area (Å²) in [7, 11) is 1.57. The molecule has 0 spiro atoms. The Morgan fingerprint density at radius 3 is 3.00 bits per heavy atom. The summed E-state index contributed by atoms with van der Waals surface area (Å²) < 4.78 is 5.12. The summed E-state index contributed by atoms with van der Waals surface area (Å²) in [6.07, 6.45) is 0. The van der Waals surface area contributed by atoms with E-state index < -0.39 is 0 Å². The number of amidine groups is 1. The van der Waals surface area contributed by atoms with Gasteiger partial charge in [-0.2, -0.15) is 0 Å². The van der Waals surface area contributed by atoms with Crippen molar-refractivity contribution in [2.45, 2.75) is 0 Å². The quantitative estimate of drug-likeness (QED) is 0.746. The van der Waals surface area contributed by atoms with Gasteiger partial charge < -0.3 is 10.1 Å². The lowest BCUT2D eigenvalue weighted by molar-refractivity contribution is 0.397. The Bertz CT molecular complexity index is 378. The van der Waals surface area contributed by atoms with Gasteiger partial charge in [-0.25, -0.2) is 4.98 Å². The SMILES string of the molecule is COc1nc(Cl)ccc1C1=NCCN1. The van der Waals surface area contributed by atoms with Crippen LogP contribution in [-0.2, 0) is 0 Å². The summed E-state index contributed by atoms with van der Waals surface area (Å²) in [5, 5.41) is 3.57. The molecule has 0 unspecified atom stereocenters. The molecule has 1 N–H and O–H groups in total. The number of methoxy groups -OCH3 is 1. The molecule has 1 aliphatic heterocycles. The Balaban J connectivity index is 2.41. The average Bonchev–Trinajstić information content (AvgIpc) is 2.70. The molecule has 1 aromatic rings. The van der Waals surface area contributed by atoms with Gasteiger partial charge in [-0.05, 0) is 12.1 Å². The van der Waals surface area contributed by atoms with Crippen LogP contribution < -0.4 is 10.1 Å². The summed E-state index contributed by atoms with van der Waals surface area (Å²) in [5.74, 6) is 1.33. The second-order valence-electron chi connectivity index (χ2n) is 2.85. The lowest BCUT2D eigenvalue weighted by Gasteiger charge is -2.07. The van der Waals surface area contributed by atoms with Gasteiger partial charge in [0.15, 0.2) is 0 Å². The van der Waals surface area contributed by atoms with Crippen LogP contribution >= 0.6 is 11.6 Å². The molecule has 4 nitrogen and oxygen atoms in total. The second kappa shape index (κ2) is 3.84. The first-order valence-electron chi connectivity index (χ1n) is 4.30. The maximum Gasteiger partial charge on any atom is 0.225 e. The third kappa shape index (κ3) is 1.65. The Hall–Kier alpha value is -1.29. The predicted octanol–water partition coefficient (Wildman–Crippen LogP) is 1.09. The van der Waals surface area contributed by atoms with Crippen LogP contribution in [0.5, 0.6) is 5.88 Å². The normalized spacial score (nSPS) is 14.9. The van der Waals surface area contributed by atoms with Gasteiger partial charge in [0, 0.05) is 6.54 Å². The summed E-state index contributed by atoms with van der Waals surface area (Å²) in [6.45, 7) is 1.65. The number of rotatable bonds is 2. The first kappa shape index (κ1) is 9.27. The highest BCUT2D eigenvalue weighted by atomic mass is 35.5. The monoisotopic (exact) mass is 211 g/mol. The van der Waals surface area contributed by atoms with Crippen LogP contribution in [0.25, 0.3) is 0 Å². The largest absolute Gasteiger partial charge is 0.480 e. The van der Waals surface area contributed by atoms with Gasteiger partial charge in [0.1, 0.15) is 11.0 Å². The fraction of sp³-hybridized carbons (Fsp3) is 0.333. The number of nitrogens with zero attached hydrogens (tertiary/aromatic N) is 2. The van der Waals surface area contributed by atoms with E-state index in [-0.39, 0.29) is 0 Å². The highest BCUT2D eigenvalue weighted by Crippen LogP contribution is 2.19. The molecule has 0 bridgehead atoms. The number of aromatic nitrogens is 1. The third-order valence-corrected chi connectivity index (χ3v) is 2.16. The molecule has 0 fully saturated rings. The maximum atomic E-state index is 5.75. The van der Waals surface area contributed by atoms with Crippen LogP contribution in [0.4, 0.5) is 0 Å². The van der Waals surface area contributed by atoms with E-state index in [0.717, 1.165) is 24.5 Å². The van der Waals surface area contributed by atoms with Gasteiger partial charge in [0.25, 0.3) is 0 Å². The van der Waals surface area contributed by atoms with Crippen molar-refractivity contribution in [3.63, 3.8) is 0 Å². The van der Waals surface area contributed by atoms with Crippen molar-refractivity contribution < 1.29 is 4.74 Å². The van der Waals surface area contributed by atoms with E-state index in [1.54, 1.807) is 13.2 Å². The zero-order chi connectivity index (χ0) is 9.97. The molecular formula is C9H10ClN3O. The van der Waals surface area contributed by atoms with Crippen LogP contribution in [0.3, 0.4) is 0 Å². The van der Waals surface area contributed by atoms with E-state index in [2.05, 4.69) is 15.3 Å². The van der Waals surface area contributed by atoms with Crippen LogP contribution in [0.2, 0.25) is 5.15 Å². The highest BCUT2D eigenvalue weighted by Gasteiger charge is 2.14. The Morgan fingerprint density at radius 1 is 1.50 bits per heavy atom. The summed E-state index contributed by atoms with van der Waals surface area (Å²) in [6, 6.07) is 3.58. The Morgan fingerprint density at radius 2 is 2.36 bits per heavy atom. The van der Waals surface area contributed by atoms with Crippen LogP contribution in [0.1, 0.15) is 5.56 Å². The van der Waals surface area contributed by atoms with Gasteiger partial charge in [0.05, 0.1) is 19.2 Å². The first-order chi connectivity index (χ1) is 6.81. The van der Waals surface area contributed by atoms with Crippen molar-refractivity contribution in [3.8, 4) is 5.88 Å². The summed E-state index contributed by atoms with van der Waals surface area (Å²) in [4.78, 5) is 8.35. The molecule has 0 aliphatic carbocycles. The molecule has 2 heterocycles. The Kier molecular flexibility index (Phi) is 2.54. The van der Waals surface area contributed by atoms with E-state index in [1.165, 1.54) is 0 Å². The molecule has 5 heteroatoms. The standard InChI is InChI=1S/C9H10ClN3O/c1-14-9-6(2-3-7(10)13-9)8-11-4-5-12-8/h2-3H,4-5H2,1H3,(H,11,12). The van der Waals surface area contributed by atoms with Crippen molar-refractivity contribution in [2.75, 3.05) is 20.2 Å². The van der Waals surface area contributed by atoms with Gasteiger partial charge in [0.2, 0.25) is 5.88 Å². The van der Waals surface area contributed by atoms with Crippen LogP contribution in [0.15, 0.2) is 17.1 Å². The van der Waals surface area contributed by atoms with Crippen molar-refractivity contribution in [2.24, 2.45) is 4.99 Å². The van der Waals surface area contributed by atoms with Crippen molar-refractivity contribution in [1.82, 2.24) is 10.3 Å². The smallest absolute Gasteiger partial charge is 0.225 e. The molecule has 0 amide bonds. The zero-order valence-corrected chi connectivity index (χ0v) is 8.51. The minimum absolute atomic E-state index is 0.421. The van der Waals surface area contributed by atoms with E-state index in [1.807, 2.05) is 6.07 Å². The molecule has 0 saturated heterocycles. The van der Waals surface area contributed by atoms with E-state index >= 15 is 0 Å². The number of aliphatic imine (C=N–C) groups is 1. The topological polar surface area (TPSA) is 46.5 Å². The molecular weight excluding hydrogens is 202 g/mol. The van der Waals surface area contributed by atoms with Crippen molar-refractivity contribution in [1.29, 1.82) is 0 Å². The summed E-state index contributed by atoms with van der Waals surface area (Å²) >= 11 is 5.75. The number of halogens is 1.